The van der Waals surface area contributed by atoms with Gasteiger partial charge in [0.2, 0.25) is 5.91 Å². The summed E-state index contributed by atoms with van der Waals surface area (Å²) < 4.78 is 26.7. The van der Waals surface area contributed by atoms with Crippen molar-refractivity contribution in [2.75, 3.05) is 22.9 Å². The molecule has 2 rings (SSSR count). The summed E-state index contributed by atoms with van der Waals surface area (Å²) in [5, 5.41) is 14.8. The highest BCUT2D eigenvalue weighted by atomic mass is 32.2. The van der Waals surface area contributed by atoms with Gasteiger partial charge in [0.05, 0.1) is 16.9 Å². The number of carbonyl (C=O) groups is 1. The standard InChI is InChI=1S/C16H21N7O3S3/c1-11(24)21-12-2-4-14(5-3-12)29(25,26)20-10-19-6-7-27-8-13-9-28-16(22-13)23-15(17)18/h2-5,9-10H,6-8H2,1H3,(H,19,20)(H,21,24)(H4,17,18,22,23). The van der Waals surface area contributed by atoms with Gasteiger partial charge in [-0.15, -0.1) is 11.3 Å². The van der Waals surface area contributed by atoms with Crippen LogP contribution in [0, 0.1) is 5.41 Å². The van der Waals surface area contributed by atoms with Crippen LogP contribution in [0.25, 0.3) is 0 Å². The molecule has 0 unspecified atom stereocenters. The number of anilines is 2. The molecule has 2 aromatic rings. The van der Waals surface area contributed by atoms with Gasteiger partial charge in [-0.2, -0.15) is 11.8 Å². The predicted molar refractivity (Wildman–Crippen MR) is 118 cm³/mol. The molecule has 0 aliphatic rings. The van der Waals surface area contributed by atoms with Crippen molar-refractivity contribution in [1.82, 2.24) is 9.71 Å². The van der Waals surface area contributed by atoms with Crippen molar-refractivity contribution in [1.29, 1.82) is 5.41 Å². The summed E-state index contributed by atoms with van der Waals surface area (Å²) in [7, 11) is -3.71. The molecule has 0 radical (unpaired) electrons. The highest BCUT2D eigenvalue weighted by molar-refractivity contribution is 7.98. The third-order valence-electron chi connectivity index (χ3n) is 3.19. The number of nitrogens with zero attached hydrogens (tertiary/aromatic N) is 2. The molecule has 0 saturated carbocycles. The van der Waals surface area contributed by atoms with E-state index in [0.29, 0.717) is 28.9 Å². The molecule has 156 valence electrons. The monoisotopic (exact) mass is 455 g/mol. The second kappa shape index (κ2) is 10.8. The zero-order valence-electron chi connectivity index (χ0n) is 15.5. The molecule has 1 heterocycles. The van der Waals surface area contributed by atoms with E-state index in [1.54, 1.807) is 11.8 Å². The second-order valence-electron chi connectivity index (χ2n) is 5.60. The molecule has 0 aliphatic heterocycles. The van der Waals surface area contributed by atoms with E-state index in [9.17, 15) is 13.2 Å². The smallest absolute Gasteiger partial charge is 0.262 e. The van der Waals surface area contributed by atoms with Gasteiger partial charge in [0.15, 0.2) is 11.1 Å². The lowest BCUT2D eigenvalue weighted by Crippen LogP contribution is -2.22. The van der Waals surface area contributed by atoms with Gasteiger partial charge >= 0.3 is 0 Å². The van der Waals surface area contributed by atoms with Gasteiger partial charge in [-0.25, -0.2) is 13.4 Å². The minimum Gasteiger partial charge on any atom is -0.370 e. The Hall–Kier alpha value is -2.64. The van der Waals surface area contributed by atoms with Crippen LogP contribution in [0.3, 0.4) is 0 Å². The van der Waals surface area contributed by atoms with Crippen molar-refractivity contribution in [2.45, 2.75) is 17.6 Å². The first-order valence-corrected chi connectivity index (χ1v) is 11.8. The fourth-order valence-electron chi connectivity index (χ4n) is 2.00. The maximum atomic E-state index is 12.2. The third kappa shape index (κ3) is 8.09. The minimum atomic E-state index is -3.71. The van der Waals surface area contributed by atoms with Crippen molar-refractivity contribution >= 4 is 62.1 Å². The zero-order chi connectivity index (χ0) is 21.3. The van der Waals surface area contributed by atoms with Gasteiger partial charge < -0.3 is 16.4 Å². The summed E-state index contributed by atoms with van der Waals surface area (Å²) in [6.07, 6.45) is 1.16. The van der Waals surface area contributed by atoms with Crippen molar-refractivity contribution in [3.8, 4) is 0 Å². The number of thioether (sulfide) groups is 1. The molecule has 10 nitrogen and oxygen atoms in total. The van der Waals surface area contributed by atoms with E-state index < -0.39 is 10.0 Å². The molecule has 29 heavy (non-hydrogen) atoms. The van der Waals surface area contributed by atoms with Crippen molar-refractivity contribution < 1.29 is 13.2 Å². The first kappa shape index (κ1) is 22.6. The highest BCUT2D eigenvalue weighted by Gasteiger charge is 2.11. The van der Waals surface area contributed by atoms with Crippen molar-refractivity contribution in [3.05, 3.63) is 35.3 Å². The van der Waals surface area contributed by atoms with E-state index in [-0.39, 0.29) is 16.8 Å². The third-order valence-corrected chi connectivity index (χ3v) is 6.28. The Labute approximate surface area is 177 Å². The number of nitrogens with one attached hydrogen (secondary N) is 4. The number of hydrogen-bond acceptors (Lipinski definition) is 8. The van der Waals surface area contributed by atoms with E-state index in [2.05, 4.69) is 25.3 Å². The van der Waals surface area contributed by atoms with Crippen molar-refractivity contribution in [2.24, 2.45) is 10.7 Å². The van der Waals surface area contributed by atoms with E-state index in [1.165, 1.54) is 42.5 Å². The second-order valence-corrected chi connectivity index (χ2v) is 9.27. The van der Waals surface area contributed by atoms with Crippen LogP contribution in [0.15, 0.2) is 39.5 Å². The molecule has 0 aliphatic carbocycles. The van der Waals surface area contributed by atoms with Gasteiger partial charge in [-0.1, -0.05) is 0 Å². The number of aliphatic imine (C=N–C) groups is 1. The molecule has 1 amide bonds. The molecule has 0 saturated heterocycles. The van der Waals surface area contributed by atoms with Crippen LogP contribution in [0.2, 0.25) is 0 Å². The van der Waals surface area contributed by atoms with Crippen LogP contribution in [-0.2, 0) is 20.6 Å². The summed E-state index contributed by atoms with van der Waals surface area (Å²) in [6.45, 7) is 1.82. The van der Waals surface area contributed by atoms with Gasteiger partial charge in [-0.05, 0) is 24.3 Å². The lowest BCUT2D eigenvalue weighted by Gasteiger charge is -2.05. The first-order chi connectivity index (χ1) is 13.8. The number of carbonyl (C=O) groups excluding carboxylic acids is 1. The molecule has 1 aromatic heterocycles. The van der Waals surface area contributed by atoms with Crippen molar-refractivity contribution in [3.63, 3.8) is 0 Å². The number of nitrogens with two attached hydrogens (primary N) is 1. The molecule has 0 fully saturated rings. The van der Waals surface area contributed by atoms with Crippen LogP contribution in [0.4, 0.5) is 10.8 Å². The van der Waals surface area contributed by atoms with Crippen LogP contribution < -0.4 is 21.1 Å². The summed E-state index contributed by atoms with van der Waals surface area (Å²) >= 11 is 2.98. The number of guanidine groups is 1. The van der Waals surface area contributed by atoms with Gasteiger partial charge in [-0.3, -0.25) is 19.9 Å². The van der Waals surface area contributed by atoms with E-state index in [4.69, 9.17) is 11.1 Å². The predicted octanol–water partition coefficient (Wildman–Crippen LogP) is 1.65. The SMILES string of the molecule is CC(=O)Nc1ccc(S(=O)(=O)NC=NCCSCc2csc(NC(=N)N)n2)cc1. The minimum absolute atomic E-state index is 0.0749. The zero-order valence-corrected chi connectivity index (χ0v) is 18.0. The number of sulfonamides is 1. The molecule has 6 N–H and O–H groups in total. The Morgan fingerprint density at radius 2 is 2.07 bits per heavy atom. The molecule has 0 bridgehead atoms. The molecule has 13 heteroatoms. The van der Waals surface area contributed by atoms with Crippen LogP contribution >= 0.6 is 23.1 Å². The van der Waals surface area contributed by atoms with Gasteiger partial charge in [0.1, 0.15) is 0 Å². The summed E-state index contributed by atoms with van der Waals surface area (Å²) in [6, 6.07) is 5.83. The van der Waals surface area contributed by atoms with E-state index in [0.717, 1.165) is 12.0 Å². The normalized spacial score (nSPS) is 11.3. The largest absolute Gasteiger partial charge is 0.370 e. The Kier molecular flexibility index (Phi) is 8.42. The van der Waals surface area contributed by atoms with Crippen LogP contribution in [0.1, 0.15) is 12.6 Å². The quantitative estimate of drug-likeness (QED) is 0.207. The summed E-state index contributed by atoms with van der Waals surface area (Å²) in [5.74, 6) is 0.986. The number of aromatic nitrogens is 1. The van der Waals surface area contributed by atoms with E-state index in [1.807, 2.05) is 5.38 Å². The van der Waals surface area contributed by atoms with Crippen LogP contribution in [-0.4, -0.2) is 43.9 Å². The molecule has 0 atom stereocenters. The number of rotatable bonds is 10. The molecular weight excluding hydrogens is 434 g/mol. The summed E-state index contributed by atoms with van der Waals surface area (Å²) in [4.78, 5) is 19.4. The lowest BCUT2D eigenvalue weighted by atomic mass is 10.3. The molecule has 1 aromatic carbocycles. The Morgan fingerprint density at radius 1 is 1.34 bits per heavy atom. The Bertz CT molecular complexity index is 972. The lowest BCUT2D eigenvalue weighted by molar-refractivity contribution is -0.114. The van der Waals surface area contributed by atoms with Gasteiger partial charge in [0.25, 0.3) is 10.0 Å². The Balaban J connectivity index is 1.71. The fourth-order valence-corrected chi connectivity index (χ4v) is 4.41. The number of hydrogen-bond donors (Lipinski definition) is 5. The van der Waals surface area contributed by atoms with E-state index >= 15 is 0 Å². The molecular formula is C16H21N7O3S3. The number of amides is 1. The summed E-state index contributed by atoms with van der Waals surface area (Å²) in [5.41, 5.74) is 6.64. The number of thiazole rings is 1. The van der Waals surface area contributed by atoms with Gasteiger partial charge in [0, 0.05) is 36.0 Å². The fraction of sp³-hybridized carbons (Fsp3) is 0.250. The average Bonchev–Trinajstić information content (AvgIpc) is 3.07. The molecule has 0 spiro atoms. The number of benzene rings is 1. The maximum Gasteiger partial charge on any atom is 0.262 e. The maximum absolute atomic E-state index is 12.2. The average molecular weight is 456 g/mol. The highest BCUT2D eigenvalue weighted by Crippen LogP contribution is 2.19. The Morgan fingerprint density at radius 3 is 2.72 bits per heavy atom. The first-order valence-electron chi connectivity index (χ1n) is 8.28. The topological polar surface area (TPSA) is 162 Å². The van der Waals surface area contributed by atoms with Crippen LogP contribution in [0.5, 0.6) is 0 Å².